The molecular formula is C53H60ClN7O5S. The second-order valence-corrected chi connectivity index (χ2v) is 19.9. The van der Waals surface area contributed by atoms with E-state index in [-0.39, 0.29) is 22.0 Å². The zero-order chi connectivity index (χ0) is 48.0. The van der Waals surface area contributed by atoms with E-state index in [9.17, 15) is 9.59 Å². The minimum atomic E-state index is -1.16. The van der Waals surface area contributed by atoms with Gasteiger partial charge in [-0.1, -0.05) is 138 Å². The molecule has 7 rings (SSSR count). The lowest BCUT2D eigenvalue weighted by Crippen LogP contribution is -2.38. The summed E-state index contributed by atoms with van der Waals surface area (Å²) in [6, 6.07) is 34.2. The molecule has 3 unspecified atom stereocenters. The largest absolute Gasteiger partial charge is 0.497 e. The van der Waals surface area contributed by atoms with Crippen molar-refractivity contribution in [2.75, 3.05) is 17.4 Å². The van der Waals surface area contributed by atoms with Gasteiger partial charge in [-0.3, -0.25) is 9.59 Å². The smallest absolute Gasteiger partial charge is 0.294 e. The lowest BCUT2D eigenvalue weighted by Gasteiger charge is -2.31. The number of rotatable bonds is 19. The molecule has 0 saturated carbocycles. The summed E-state index contributed by atoms with van der Waals surface area (Å²) in [7, 11) is 1.64. The van der Waals surface area contributed by atoms with E-state index in [2.05, 4.69) is 81.4 Å². The summed E-state index contributed by atoms with van der Waals surface area (Å²) >= 11 is 7.82. The summed E-state index contributed by atoms with van der Waals surface area (Å²) in [5.74, 6) is 1.17. The quantitative estimate of drug-likeness (QED) is 0.0788. The first kappa shape index (κ1) is 48.7. The molecule has 12 nitrogen and oxygen atoms in total. The highest BCUT2D eigenvalue weighted by atomic mass is 35.5. The fraction of sp³-hybridized carbons (Fsp3) is 0.358. The number of carbonyl (C=O) groups excluding carboxylic acids is 2. The first-order chi connectivity index (χ1) is 32.0. The van der Waals surface area contributed by atoms with Crippen LogP contribution in [-0.2, 0) is 27.0 Å². The number of para-hydroxylation sites is 2. The van der Waals surface area contributed by atoms with E-state index in [4.69, 9.17) is 30.9 Å². The molecule has 0 fully saturated rings. The first-order valence-corrected chi connectivity index (χ1v) is 24.0. The van der Waals surface area contributed by atoms with Crippen molar-refractivity contribution in [2.24, 2.45) is 5.10 Å². The number of tetrazole rings is 1. The lowest BCUT2D eigenvalue weighted by molar-refractivity contribution is -0.123. The number of hydrogen-bond acceptors (Lipinski definition) is 10. The number of halogens is 1. The molecule has 0 aliphatic carbocycles. The third kappa shape index (κ3) is 11.0. The maximum absolute atomic E-state index is 14.9. The van der Waals surface area contributed by atoms with Crippen LogP contribution in [0.15, 0.2) is 119 Å². The Balaban J connectivity index is 1.16. The summed E-state index contributed by atoms with van der Waals surface area (Å²) in [5, 5.41) is 22.9. The van der Waals surface area contributed by atoms with Gasteiger partial charge in [0.1, 0.15) is 23.0 Å². The summed E-state index contributed by atoms with van der Waals surface area (Å²) in [4.78, 5) is 29.1. The normalized spacial score (nSPS) is 15.0. The number of hydrogen-bond donors (Lipinski definition) is 1. The number of aryl methyl sites for hydroxylation is 1. The van der Waals surface area contributed by atoms with Crippen LogP contribution < -0.4 is 24.5 Å². The van der Waals surface area contributed by atoms with E-state index < -0.39 is 18.1 Å². The van der Waals surface area contributed by atoms with Crippen molar-refractivity contribution >= 4 is 52.3 Å². The van der Waals surface area contributed by atoms with Gasteiger partial charge in [-0.05, 0) is 114 Å². The van der Waals surface area contributed by atoms with Gasteiger partial charge in [0.05, 0.1) is 25.0 Å². The van der Waals surface area contributed by atoms with Gasteiger partial charge in [0.15, 0.2) is 6.10 Å². The molecule has 2 heterocycles. The highest BCUT2D eigenvalue weighted by Gasteiger charge is 2.41. The SMILES string of the molecule is CCC(Oc1ccc(C(C)(C)CC)cc1C(C)(C)CC)C(=O)Nc1ccccc1N1N=C(c2ccc(Cl)cc2)C(Oc2ccc(C)cc2C(C)Sc2nnnn2Cc2ccc(OC)cc2)C1=O. The number of carbonyl (C=O) groups is 2. The number of aromatic nitrogens is 4. The summed E-state index contributed by atoms with van der Waals surface area (Å²) in [6.45, 7) is 19.7. The number of nitrogens with zero attached hydrogens (tertiary/aromatic N) is 6. The van der Waals surface area contributed by atoms with E-state index in [0.29, 0.717) is 57.3 Å². The topological polar surface area (TPSA) is 133 Å². The van der Waals surface area contributed by atoms with Gasteiger partial charge in [-0.2, -0.15) is 10.1 Å². The second kappa shape index (κ2) is 20.8. The molecule has 1 N–H and O–H groups in total. The Bertz CT molecular complexity index is 2740. The maximum Gasteiger partial charge on any atom is 0.294 e. The van der Waals surface area contributed by atoms with Crippen LogP contribution in [0.2, 0.25) is 5.02 Å². The van der Waals surface area contributed by atoms with E-state index >= 15 is 0 Å². The molecule has 1 aliphatic rings. The molecule has 0 spiro atoms. The summed E-state index contributed by atoms with van der Waals surface area (Å²) in [5.41, 5.74) is 6.76. The van der Waals surface area contributed by atoms with Gasteiger partial charge in [-0.15, -0.1) is 5.10 Å². The van der Waals surface area contributed by atoms with Crippen LogP contribution in [0.3, 0.4) is 0 Å². The Morgan fingerprint density at radius 1 is 0.881 bits per heavy atom. The van der Waals surface area contributed by atoms with Gasteiger partial charge in [-0.25, -0.2) is 4.68 Å². The van der Waals surface area contributed by atoms with Crippen molar-refractivity contribution in [3.63, 3.8) is 0 Å². The predicted octanol–water partition coefficient (Wildman–Crippen LogP) is 11.9. The number of anilines is 2. The number of benzene rings is 5. The highest BCUT2D eigenvalue weighted by Crippen LogP contribution is 2.42. The van der Waals surface area contributed by atoms with Crippen LogP contribution in [0, 0.1) is 6.92 Å². The fourth-order valence-corrected chi connectivity index (χ4v) is 8.76. The van der Waals surface area contributed by atoms with Crippen molar-refractivity contribution < 1.29 is 23.8 Å². The molecule has 0 saturated heterocycles. The molecule has 0 radical (unpaired) electrons. The minimum absolute atomic E-state index is 0.0183. The number of hydrazone groups is 1. The van der Waals surface area contributed by atoms with Crippen LogP contribution in [0.4, 0.5) is 11.4 Å². The Labute approximate surface area is 403 Å². The third-order valence-electron chi connectivity index (χ3n) is 12.7. The number of amides is 2. The average molecular weight is 943 g/mol. The predicted molar refractivity (Wildman–Crippen MR) is 268 cm³/mol. The molecule has 1 aliphatic heterocycles. The van der Waals surface area contributed by atoms with Crippen molar-refractivity contribution in [3.8, 4) is 17.2 Å². The van der Waals surface area contributed by atoms with Crippen LogP contribution in [0.1, 0.15) is 113 Å². The Morgan fingerprint density at radius 3 is 2.27 bits per heavy atom. The molecule has 350 valence electrons. The molecule has 0 bridgehead atoms. The summed E-state index contributed by atoms with van der Waals surface area (Å²) < 4.78 is 20.5. The van der Waals surface area contributed by atoms with Crippen molar-refractivity contribution in [1.82, 2.24) is 20.2 Å². The monoisotopic (exact) mass is 941 g/mol. The van der Waals surface area contributed by atoms with E-state index in [1.165, 1.54) is 22.3 Å². The van der Waals surface area contributed by atoms with Gasteiger partial charge >= 0.3 is 0 Å². The standard InChI is InChI=1S/C53H60ClN7O5S/c1-11-44(65-46-29-23-37(52(6,7)12-2)31-41(46)53(8,9)13-3)49(62)55-42-16-14-15-17-43(42)61-50(63)48(47(57-61)36-21-24-38(54)25-22-36)66-45-28-18-33(4)30-40(45)34(5)67-51-56-58-59-60(51)32-35-19-26-39(64-10)27-20-35/h14-31,34,44,48H,11-13,32H2,1-10H3,(H,55,62). The van der Waals surface area contributed by atoms with Crippen LogP contribution in [0.5, 0.6) is 17.2 Å². The number of nitrogens with one attached hydrogen (secondary N) is 1. The Hall–Kier alpha value is -6.18. The molecule has 6 aromatic rings. The highest BCUT2D eigenvalue weighted by molar-refractivity contribution is 7.99. The molecule has 67 heavy (non-hydrogen) atoms. The Kier molecular flexibility index (Phi) is 15.1. The van der Waals surface area contributed by atoms with Gasteiger partial charge < -0.3 is 19.5 Å². The zero-order valence-electron chi connectivity index (χ0n) is 40.0. The molecular weight excluding hydrogens is 882 g/mol. The van der Waals surface area contributed by atoms with Crippen LogP contribution in [0.25, 0.3) is 0 Å². The third-order valence-corrected chi connectivity index (χ3v) is 14.1. The zero-order valence-corrected chi connectivity index (χ0v) is 41.5. The van der Waals surface area contributed by atoms with E-state index in [0.717, 1.165) is 40.8 Å². The fourth-order valence-electron chi connectivity index (χ4n) is 7.70. The minimum Gasteiger partial charge on any atom is -0.497 e. The average Bonchev–Trinajstić information content (AvgIpc) is 3.90. The molecule has 3 atom stereocenters. The van der Waals surface area contributed by atoms with Crippen molar-refractivity contribution in [1.29, 1.82) is 0 Å². The van der Waals surface area contributed by atoms with E-state index in [1.807, 2.05) is 74.5 Å². The summed E-state index contributed by atoms with van der Waals surface area (Å²) in [6.07, 6.45) is 0.303. The van der Waals surface area contributed by atoms with Gasteiger partial charge in [0, 0.05) is 27.0 Å². The molecule has 1 aromatic heterocycles. The molecule has 5 aromatic carbocycles. The Morgan fingerprint density at radius 2 is 1.58 bits per heavy atom. The second-order valence-electron chi connectivity index (χ2n) is 18.1. The van der Waals surface area contributed by atoms with E-state index in [1.54, 1.807) is 48.2 Å². The first-order valence-electron chi connectivity index (χ1n) is 22.8. The van der Waals surface area contributed by atoms with Gasteiger partial charge in [0.25, 0.3) is 11.8 Å². The molecule has 14 heteroatoms. The van der Waals surface area contributed by atoms with Crippen molar-refractivity contribution in [3.05, 3.63) is 148 Å². The van der Waals surface area contributed by atoms with Crippen LogP contribution >= 0.6 is 23.4 Å². The van der Waals surface area contributed by atoms with Crippen LogP contribution in [-0.4, -0.2) is 57.1 Å². The van der Waals surface area contributed by atoms with Crippen molar-refractivity contribution in [2.45, 2.75) is 122 Å². The lowest BCUT2D eigenvalue weighted by atomic mass is 9.76. The molecule has 2 amide bonds. The number of methoxy groups -OCH3 is 1. The maximum atomic E-state index is 14.9. The number of ether oxygens (including phenoxy) is 3. The van der Waals surface area contributed by atoms with Gasteiger partial charge in [0.2, 0.25) is 11.3 Å². The number of thioether (sulfide) groups is 1.